The fourth-order valence-electron chi connectivity index (χ4n) is 5.07. The van der Waals surface area contributed by atoms with Gasteiger partial charge in [-0.05, 0) is 12.1 Å². The molecule has 0 N–H and O–H groups in total. The number of rotatable bonds is 15. The normalized spacial score (nSPS) is 10.2. The van der Waals surface area contributed by atoms with E-state index in [1.165, 1.54) is 12.1 Å². The van der Waals surface area contributed by atoms with Crippen LogP contribution in [0.5, 0.6) is 86.2 Å². The van der Waals surface area contributed by atoms with Crippen molar-refractivity contribution in [1.82, 2.24) is 0 Å². The summed E-state index contributed by atoms with van der Waals surface area (Å²) in [7, 11) is 0. The lowest BCUT2D eigenvalue weighted by atomic mass is 10.2. The van der Waals surface area contributed by atoms with Gasteiger partial charge in [-0.3, -0.25) is 43.2 Å². The molecule has 0 saturated heterocycles. The van der Waals surface area contributed by atoms with E-state index in [9.17, 15) is 43.2 Å². The summed E-state index contributed by atoms with van der Waals surface area (Å²) < 4.78 is 65.6. The van der Waals surface area contributed by atoms with Gasteiger partial charge < -0.3 is 56.8 Å². The third-order valence-electron chi connectivity index (χ3n) is 6.85. The Balaban J connectivity index is 1.94. The molecule has 0 amide bonds. The van der Waals surface area contributed by atoms with Gasteiger partial charge in [0.05, 0.1) is 0 Å². The van der Waals surface area contributed by atoms with Crippen molar-refractivity contribution in [1.29, 1.82) is 0 Å². The van der Waals surface area contributed by atoms with Crippen molar-refractivity contribution in [3.05, 3.63) is 54.6 Å². The lowest BCUT2D eigenvalue weighted by molar-refractivity contribution is -0.133. The van der Waals surface area contributed by atoms with Gasteiger partial charge in [0.25, 0.3) is 0 Å². The molecule has 330 valence electrons. The van der Waals surface area contributed by atoms with Gasteiger partial charge >= 0.3 is 53.7 Å². The molecule has 0 unspecified atom stereocenters. The van der Waals surface area contributed by atoms with Gasteiger partial charge in [-0.15, -0.1) is 0 Å². The van der Waals surface area contributed by atoms with E-state index < -0.39 is 105 Å². The summed E-state index contributed by atoms with van der Waals surface area (Å²) in [5.74, 6) is -13.3. The Hall–Kier alpha value is -8.49. The first-order chi connectivity index (χ1) is 29.6. The smallest absolute Gasteiger partial charge is 0.308 e. The number of hydrogen-bond donors (Lipinski definition) is 0. The van der Waals surface area contributed by atoms with Crippen LogP contribution in [0.4, 0.5) is 0 Å². The van der Waals surface area contributed by atoms with Crippen LogP contribution in [0.2, 0.25) is 0 Å². The summed E-state index contributed by atoms with van der Waals surface area (Å²) in [5.41, 5.74) is 0. The molecule has 0 aliphatic heterocycles. The van der Waals surface area contributed by atoms with E-state index in [0.717, 1.165) is 105 Å². The lowest BCUT2D eigenvalue weighted by Crippen LogP contribution is -2.10. The monoisotopic (exact) mass is 876 g/mol. The second-order valence-corrected chi connectivity index (χ2v) is 12.5. The highest BCUT2D eigenvalue weighted by Crippen LogP contribution is 2.51. The predicted octanol–water partition coefficient (Wildman–Crippen LogP) is 6.39. The number of benzene rings is 4. The summed E-state index contributed by atoms with van der Waals surface area (Å²) in [6.45, 7) is 9.49. The highest BCUT2D eigenvalue weighted by Gasteiger charge is 2.27. The van der Waals surface area contributed by atoms with Crippen LogP contribution in [-0.4, -0.2) is 53.7 Å². The Kier molecular flexibility index (Phi) is 15.5. The quantitative estimate of drug-likeness (QED) is 0.0924. The van der Waals surface area contributed by atoms with Crippen molar-refractivity contribution >= 4 is 53.7 Å². The first kappa shape index (κ1) is 47.2. The number of carbonyl (C=O) groups is 9. The Morgan fingerprint density at radius 3 is 0.794 bits per heavy atom. The highest BCUT2D eigenvalue weighted by atomic mass is 16.6. The molecular weight excluding hydrogens is 840 g/mol. The molecule has 21 nitrogen and oxygen atoms in total. The van der Waals surface area contributed by atoms with Crippen LogP contribution in [0.1, 0.15) is 62.3 Å². The molecule has 0 bridgehead atoms. The predicted molar refractivity (Wildman–Crippen MR) is 208 cm³/mol. The van der Waals surface area contributed by atoms with Crippen molar-refractivity contribution in [3.63, 3.8) is 0 Å². The van der Waals surface area contributed by atoms with Gasteiger partial charge in [-0.25, -0.2) is 0 Å². The first-order valence-corrected chi connectivity index (χ1v) is 17.9. The summed E-state index contributed by atoms with van der Waals surface area (Å²) >= 11 is 0. The minimum Gasteiger partial charge on any atom is -0.449 e. The van der Waals surface area contributed by atoms with Crippen molar-refractivity contribution < 1.29 is 100.0 Å². The molecule has 4 aromatic carbocycles. The SMILES string of the molecule is CC(=O)Oc1ccc(Oc2c(OC(C)=O)cc(Oc3c(OC(C)=O)cc(Oc4c(OC(C)=O)cc(OC(C)=O)cc4OC(C)=O)cc3OC(C)=O)cc2OC(C)=O)c(OC(C)=O)c1. The Morgan fingerprint density at radius 1 is 0.254 bits per heavy atom. The largest absolute Gasteiger partial charge is 0.449 e. The zero-order valence-electron chi connectivity index (χ0n) is 34.8. The molecule has 0 spiro atoms. The molecule has 4 rings (SSSR count). The second-order valence-electron chi connectivity index (χ2n) is 12.5. The number of carbonyl (C=O) groups excluding carboxylic acids is 9. The van der Waals surface area contributed by atoms with Crippen LogP contribution >= 0.6 is 0 Å². The van der Waals surface area contributed by atoms with Gasteiger partial charge in [0.1, 0.15) is 23.0 Å². The van der Waals surface area contributed by atoms with Crippen molar-refractivity contribution in [2.24, 2.45) is 0 Å². The first-order valence-electron chi connectivity index (χ1n) is 17.9. The van der Waals surface area contributed by atoms with Gasteiger partial charge in [-0.1, -0.05) is 0 Å². The molecule has 0 radical (unpaired) electrons. The maximum atomic E-state index is 12.5. The zero-order chi connectivity index (χ0) is 46.7. The molecule has 0 fully saturated rings. The zero-order valence-corrected chi connectivity index (χ0v) is 34.8. The molecule has 4 aromatic rings. The molecule has 0 atom stereocenters. The van der Waals surface area contributed by atoms with Crippen LogP contribution in [0, 0.1) is 0 Å². The van der Waals surface area contributed by atoms with E-state index in [0.29, 0.717) is 0 Å². The van der Waals surface area contributed by atoms with Gasteiger partial charge in [-0.2, -0.15) is 0 Å². The molecule has 21 heteroatoms. The van der Waals surface area contributed by atoms with Crippen LogP contribution < -0.4 is 56.8 Å². The molecule has 0 aliphatic carbocycles. The van der Waals surface area contributed by atoms with E-state index in [4.69, 9.17) is 56.8 Å². The van der Waals surface area contributed by atoms with E-state index in [1.807, 2.05) is 0 Å². The number of hydrogen-bond acceptors (Lipinski definition) is 21. The van der Waals surface area contributed by atoms with Crippen LogP contribution in [0.25, 0.3) is 0 Å². The van der Waals surface area contributed by atoms with Gasteiger partial charge in [0.15, 0.2) is 46.0 Å². The molecular formula is C42H36O21. The van der Waals surface area contributed by atoms with Crippen LogP contribution in [-0.2, 0) is 43.2 Å². The summed E-state index contributed by atoms with van der Waals surface area (Å²) in [5, 5.41) is 0. The molecule has 0 aromatic heterocycles. The van der Waals surface area contributed by atoms with E-state index in [-0.39, 0.29) is 34.5 Å². The van der Waals surface area contributed by atoms with E-state index >= 15 is 0 Å². The second kappa shape index (κ2) is 20.7. The topological polar surface area (TPSA) is 264 Å². The Bertz CT molecular complexity index is 2420. The summed E-state index contributed by atoms with van der Waals surface area (Å²) in [6.07, 6.45) is 0. The maximum Gasteiger partial charge on any atom is 0.308 e. The molecule has 0 saturated carbocycles. The minimum absolute atomic E-state index is 0.0364. The van der Waals surface area contributed by atoms with Gasteiger partial charge in [0, 0.05) is 105 Å². The number of ether oxygens (including phenoxy) is 12. The molecule has 0 aliphatic rings. The standard InChI is InChI=1S/C42H36O21/c1-19(43)52-28-10-11-32(33(12-28)54-21(3)45)63-42-38(59-26(8)50)17-31(18-39(42)60-27(9)51)62-41-36(57-24(6)48)15-30(16-37(41)58-25(7)49)61-40-34(55-22(4)46)13-29(53-20(2)44)14-35(40)56-23(5)47/h10-18H,1-9H3. The van der Waals surface area contributed by atoms with Crippen molar-refractivity contribution in [3.8, 4) is 86.2 Å². The maximum absolute atomic E-state index is 12.5. The summed E-state index contributed by atoms with van der Waals surface area (Å²) in [4.78, 5) is 109. The molecule has 63 heavy (non-hydrogen) atoms. The Labute approximate surface area is 356 Å². The Morgan fingerprint density at radius 2 is 0.492 bits per heavy atom. The van der Waals surface area contributed by atoms with E-state index in [1.54, 1.807) is 0 Å². The summed E-state index contributed by atoms with van der Waals surface area (Å²) in [6, 6.07) is 10.0. The molecule has 0 heterocycles. The minimum atomic E-state index is -0.939. The third-order valence-corrected chi connectivity index (χ3v) is 6.85. The van der Waals surface area contributed by atoms with Gasteiger partial charge in [0.2, 0.25) is 17.2 Å². The van der Waals surface area contributed by atoms with Crippen molar-refractivity contribution in [2.75, 3.05) is 0 Å². The van der Waals surface area contributed by atoms with E-state index in [2.05, 4.69) is 0 Å². The average molecular weight is 877 g/mol. The van der Waals surface area contributed by atoms with Crippen molar-refractivity contribution in [2.45, 2.75) is 62.3 Å². The number of esters is 9. The van der Waals surface area contributed by atoms with Crippen LogP contribution in [0.15, 0.2) is 54.6 Å². The average Bonchev–Trinajstić information content (AvgIpc) is 3.11. The lowest BCUT2D eigenvalue weighted by Gasteiger charge is -2.20. The highest BCUT2D eigenvalue weighted by molar-refractivity contribution is 5.80. The fraction of sp³-hybridized carbons (Fsp3) is 0.214. The fourth-order valence-corrected chi connectivity index (χ4v) is 5.07. The van der Waals surface area contributed by atoms with Crippen LogP contribution in [0.3, 0.4) is 0 Å². The third kappa shape index (κ3) is 14.1.